The monoisotopic (exact) mass is 304 g/mol. The molecular formula is C16H14Cl2N2. The predicted molar refractivity (Wildman–Crippen MR) is 85.1 cm³/mol. The Morgan fingerprint density at radius 3 is 2.55 bits per heavy atom. The van der Waals surface area contributed by atoms with E-state index < -0.39 is 0 Å². The molecule has 4 heteroatoms. The molecule has 0 amide bonds. The van der Waals surface area contributed by atoms with Gasteiger partial charge in [0.2, 0.25) is 0 Å². The van der Waals surface area contributed by atoms with Crippen LogP contribution in [0.25, 0.3) is 16.7 Å². The highest BCUT2D eigenvalue weighted by Gasteiger charge is 2.12. The number of hydrogen-bond donors (Lipinski definition) is 0. The lowest BCUT2D eigenvalue weighted by Crippen LogP contribution is -2.00. The summed E-state index contributed by atoms with van der Waals surface area (Å²) in [6, 6.07) is 12.0. The van der Waals surface area contributed by atoms with Crippen molar-refractivity contribution in [2.24, 2.45) is 0 Å². The molecule has 0 N–H and O–H groups in total. The first-order valence-corrected chi connectivity index (χ1v) is 7.32. The second-order valence-electron chi connectivity index (χ2n) is 4.90. The molecule has 3 aromatic rings. The molecule has 0 saturated carbocycles. The van der Waals surface area contributed by atoms with E-state index in [2.05, 4.69) is 41.6 Å². The average Bonchev–Trinajstić information content (AvgIpc) is 2.79. The Morgan fingerprint density at radius 2 is 1.85 bits per heavy atom. The minimum Gasteiger partial charge on any atom is -0.295 e. The lowest BCUT2D eigenvalue weighted by atomic mass is 10.1. The van der Waals surface area contributed by atoms with E-state index in [-0.39, 0.29) is 0 Å². The van der Waals surface area contributed by atoms with Crippen molar-refractivity contribution in [3.8, 4) is 5.69 Å². The van der Waals surface area contributed by atoms with Crippen LogP contribution in [-0.4, -0.2) is 9.55 Å². The maximum atomic E-state index is 6.11. The minimum atomic E-state index is 0.360. The molecule has 0 unspecified atom stereocenters. The molecule has 0 aliphatic rings. The molecule has 0 atom stereocenters. The number of fused-ring (bicyclic) bond motifs is 1. The molecular weight excluding hydrogens is 291 g/mol. The molecule has 2 aromatic carbocycles. The topological polar surface area (TPSA) is 17.8 Å². The number of rotatable bonds is 2. The fourth-order valence-electron chi connectivity index (χ4n) is 2.34. The first kappa shape index (κ1) is 13.5. The smallest absolute Gasteiger partial charge is 0.129 e. The zero-order valence-corrected chi connectivity index (χ0v) is 12.8. The summed E-state index contributed by atoms with van der Waals surface area (Å²) in [5.41, 5.74) is 5.46. The normalized spacial score (nSPS) is 11.2. The summed E-state index contributed by atoms with van der Waals surface area (Å²) in [6.07, 6.45) is 0. The van der Waals surface area contributed by atoms with Gasteiger partial charge in [-0.3, -0.25) is 4.57 Å². The Labute approximate surface area is 128 Å². The highest BCUT2D eigenvalue weighted by molar-refractivity contribution is 6.31. The van der Waals surface area contributed by atoms with Crippen molar-refractivity contribution < 1.29 is 0 Å². The molecule has 0 radical (unpaired) electrons. The van der Waals surface area contributed by atoms with Gasteiger partial charge in [-0.05, 0) is 55.3 Å². The summed E-state index contributed by atoms with van der Waals surface area (Å²) >= 11 is 12.2. The Bertz CT molecular complexity index is 791. The summed E-state index contributed by atoms with van der Waals surface area (Å²) < 4.78 is 2.07. The summed E-state index contributed by atoms with van der Waals surface area (Å²) in [6.45, 7) is 4.20. The maximum absolute atomic E-state index is 6.11. The molecule has 1 heterocycles. The van der Waals surface area contributed by atoms with Gasteiger partial charge in [0.15, 0.2) is 0 Å². The van der Waals surface area contributed by atoms with Gasteiger partial charge in [-0.15, -0.1) is 11.6 Å². The highest BCUT2D eigenvalue weighted by atomic mass is 35.5. The van der Waals surface area contributed by atoms with Crippen LogP contribution in [0, 0.1) is 13.8 Å². The van der Waals surface area contributed by atoms with E-state index in [0.717, 1.165) is 22.5 Å². The predicted octanol–water partition coefficient (Wildman–Crippen LogP) is 5.03. The molecule has 0 spiro atoms. The van der Waals surface area contributed by atoms with Crippen molar-refractivity contribution in [2.45, 2.75) is 19.7 Å². The van der Waals surface area contributed by atoms with Crippen LogP contribution in [0.15, 0.2) is 36.4 Å². The third-order valence-electron chi connectivity index (χ3n) is 3.55. The van der Waals surface area contributed by atoms with Crippen molar-refractivity contribution in [1.29, 1.82) is 0 Å². The minimum absolute atomic E-state index is 0.360. The van der Waals surface area contributed by atoms with Gasteiger partial charge >= 0.3 is 0 Å². The molecule has 102 valence electrons. The van der Waals surface area contributed by atoms with Crippen molar-refractivity contribution in [3.63, 3.8) is 0 Å². The largest absolute Gasteiger partial charge is 0.295 e. The maximum Gasteiger partial charge on any atom is 0.129 e. The number of halogens is 2. The summed E-state index contributed by atoms with van der Waals surface area (Å²) in [4.78, 5) is 4.57. The van der Waals surface area contributed by atoms with Gasteiger partial charge in [0.25, 0.3) is 0 Å². The first-order chi connectivity index (χ1) is 9.60. The zero-order valence-electron chi connectivity index (χ0n) is 11.3. The molecule has 0 saturated heterocycles. The van der Waals surface area contributed by atoms with Crippen LogP contribution in [0.2, 0.25) is 5.02 Å². The van der Waals surface area contributed by atoms with Crippen LogP contribution in [0.5, 0.6) is 0 Å². The van der Waals surface area contributed by atoms with Crippen LogP contribution >= 0.6 is 23.2 Å². The molecule has 0 bridgehead atoms. The van der Waals surface area contributed by atoms with Crippen molar-refractivity contribution >= 4 is 34.2 Å². The third-order valence-corrected chi connectivity index (χ3v) is 4.03. The van der Waals surface area contributed by atoms with E-state index >= 15 is 0 Å². The summed E-state index contributed by atoms with van der Waals surface area (Å²) in [5, 5.41) is 0.698. The standard InChI is InChI=1S/C16H14Cl2N2/c1-10-3-5-13(7-11(10)2)20-15-8-12(18)4-6-14(15)19-16(20)9-17/h3-8H,9H2,1-2H3. The summed E-state index contributed by atoms with van der Waals surface area (Å²) in [7, 11) is 0. The average molecular weight is 305 g/mol. The van der Waals surface area contributed by atoms with Gasteiger partial charge in [0, 0.05) is 10.7 Å². The van der Waals surface area contributed by atoms with Crippen LogP contribution in [-0.2, 0) is 5.88 Å². The molecule has 0 aliphatic heterocycles. The van der Waals surface area contributed by atoms with Gasteiger partial charge in [0.1, 0.15) is 5.82 Å². The Morgan fingerprint density at radius 1 is 1.05 bits per heavy atom. The molecule has 2 nitrogen and oxygen atoms in total. The summed E-state index contributed by atoms with van der Waals surface area (Å²) in [5.74, 6) is 1.19. The zero-order chi connectivity index (χ0) is 14.3. The Hall–Kier alpha value is -1.51. The van der Waals surface area contributed by atoms with Gasteiger partial charge in [0.05, 0.1) is 16.9 Å². The van der Waals surface area contributed by atoms with Crippen molar-refractivity contribution in [1.82, 2.24) is 9.55 Å². The second kappa shape index (κ2) is 5.12. The van der Waals surface area contributed by atoms with Crippen LogP contribution in [0.3, 0.4) is 0 Å². The number of aryl methyl sites for hydroxylation is 2. The third kappa shape index (κ3) is 2.19. The molecule has 3 rings (SSSR count). The fourth-order valence-corrected chi connectivity index (χ4v) is 2.69. The number of imidazole rings is 1. The van der Waals surface area contributed by atoms with Crippen molar-refractivity contribution in [2.75, 3.05) is 0 Å². The number of alkyl halides is 1. The number of aromatic nitrogens is 2. The molecule has 20 heavy (non-hydrogen) atoms. The van der Waals surface area contributed by atoms with Gasteiger partial charge < -0.3 is 0 Å². The molecule has 1 aromatic heterocycles. The quantitative estimate of drug-likeness (QED) is 0.607. The highest BCUT2D eigenvalue weighted by Crippen LogP contribution is 2.26. The number of hydrogen-bond acceptors (Lipinski definition) is 1. The lowest BCUT2D eigenvalue weighted by Gasteiger charge is -2.10. The van der Waals surface area contributed by atoms with Gasteiger partial charge in [-0.1, -0.05) is 17.7 Å². The van der Waals surface area contributed by atoms with Gasteiger partial charge in [-0.2, -0.15) is 0 Å². The van der Waals surface area contributed by atoms with E-state index in [1.165, 1.54) is 11.1 Å². The van der Waals surface area contributed by atoms with Crippen LogP contribution in [0.4, 0.5) is 0 Å². The Kier molecular flexibility index (Phi) is 3.45. The number of benzene rings is 2. The van der Waals surface area contributed by atoms with E-state index in [0.29, 0.717) is 10.9 Å². The lowest BCUT2D eigenvalue weighted by molar-refractivity contribution is 0.978. The first-order valence-electron chi connectivity index (χ1n) is 6.40. The Balaban J connectivity index is 2.32. The van der Waals surface area contributed by atoms with Gasteiger partial charge in [-0.25, -0.2) is 4.98 Å². The van der Waals surface area contributed by atoms with Crippen LogP contribution in [0.1, 0.15) is 17.0 Å². The fraction of sp³-hybridized carbons (Fsp3) is 0.188. The van der Waals surface area contributed by atoms with Crippen LogP contribution < -0.4 is 0 Å². The van der Waals surface area contributed by atoms with E-state index in [9.17, 15) is 0 Å². The van der Waals surface area contributed by atoms with Crippen molar-refractivity contribution in [3.05, 3.63) is 58.4 Å². The molecule has 0 aliphatic carbocycles. The van der Waals surface area contributed by atoms with E-state index in [1.54, 1.807) is 0 Å². The molecule has 0 fully saturated rings. The second-order valence-corrected chi connectivity index (χ2v) is 5.60. The number of nitrogens with zero attached hydrogens (tertiary/aromatic N) is 2. The van der Waals surface area contributed by atoms with E-state index in [1.807, 2.05) is 18.2 Å². The SMILES string of the molecule is Cc1ccc(-n2c(CCl)nc3ccc(Cl)cc32)cc1C. The van der Waals surface area contributed by atoms with E-state index in [4.69, 9.17) is 23.2 Å².